The van der Waals surface area contributed by atoms with Gasteiger partial charge in [-0.15, -0.1) is 0 Å². The van der Waals surface area contributed by atoms with E-state index in [0.717, 1.165) is 12.8 Å². The van der Waals surface area contributed by atoms with Gasteiger partial charge in [0.1, 0.15) is 11.6 Å². The van der Waals surface area contributed by atoms with Crippen molar-refractivity contribution in [3.05, 3.63) is 30.1 Å². The maximum absolute atomic E-state index is 12.9. The van der Waals surface area contributed by atoms with Gasteiger partial charge >= 0.3 is 0 Å². The van der Waals surface area contributed by atoms with Crippen molar-refractivity contribution in [2.24, 2.45) is 11.8 Å². The van der Waals surface area contributed by atoms with Gasteiger partial charge in [0, 0.05) is 6.04 Å². The Hall–Kier alpha value is -1.58. The molecule has 0 saturated heterocycles. The van der Waals surface area contributed by atoms with Crippen molar-refractivity contribution in [3.63, 3.8) is 0 Å². The van der Waals surface area contributed by atoms with Crippen LogP contribution < -0.4 is 10.1 Å². The maximum atomic E-state index is 12.9. The number of halogens is 1. The van der Waals surface area contributed by atoms with Gasteiger partial charge < -0.3 is 10.1 Å². The van der Waals surface area contributed by atoms with Crippen LogP contribution in [0, 0.1) is 17.7 Å². The van der Waals surface area contributed by atoms with Gasteiger partial charge in [0.2, 0.25) is 0 Å². The molecule has 1 aliphatic carbocycles. The third-order valence-electron chi connectivity index (χ3n) is 4.76. The van der Waals surface area contributed by atoms with Crippen LogP contribution in [0.15, 0.2) is 24.3 Å². The lowest BCUT2D eigenvalue weighted by atomic mass is 9.78. The molecule has 2 rings (SSSR count). The Kier molecular flexibility index (Phi) is 5.09. The first-order valence-electron chi connectivity index (χ1n) is 8.05. The quantitative estimate of drug-likeness (QED) is 0.915. The molecule has 0 radical (unpaired) electrons. The molecule has 1 N–H and O–H groups in total. The second-order valence-electron chi connectivity index (χ2n) is 6.91. The highest BCUT2D eigenvalue weighted by Gasteiger charge is 2.35. The van der Waals surface area contributed by atoms with E-state index in [1.165, 1.54) is 30.7 Å². The van der Waals surface area contributed by atoms with Gasteiger partial charge in [-0.3, -0.25) is 4.79 Å². The molecule has 0 bridgehead atoms. The molecule has 0 unspecified atom stereocenters. The highest BCUT2D eigenvalue weighted by atomic mass is 19.1. The number of nitrogens with one attached hydrogen (secondary N) is 1. The average Bonchev–Trinajstić information content (AvgIpc) is 2.46. The number of carbonyl (C=O) groups excluding carboxylic acids is 1. The van der Waals surface area contributed by atoms with Crippen LogP contribution in [-0.2, 0) is 4.79 Å². The van der Waals surface area contributed by atoms with Crippen molar-refractivity contribution in [1.29, 1.82) is 0 Å². The lowest BCUT2D eigenvalue weighted by molar-refractivity contribution is -0.135. The summed E-state index contributed by atoms with van der Waals surface area (Å²) in [5.41, 5.74) is -0.988. The van der Waals surface area contributed by atoms with E-state index in [1.54, 1.807) is 13.8 Å². The molecule has 3 atom stereocenters. The number of ether oxygens (including phenoxy) is 1. The lowest BCUT2D eigenvalue weighted by Gasteiger charge is -2.36. The molecule has 1 aromatic carbocycles. The zero-order valence-electron chi connectivity index (χ0n) is 13.9. The minimum absolute atomic E-state index is 0.122. The van der Waals surface area contributed by atoms with Crippen LogP contribution in [0.25, 0.3) is 0 Å². The maximum Gasteiger partial charge on any atom is 0.263 e. The van der Waals surface area contributed by atoms with Crippen LogP contribution in [0.4, 0.5) is 4.39 Å². The minimum Gasteiger partial charge on any atom is -0.478 e. The van der Waals surface area contributed by atoms with E-state index in [4.69, 9.17) is 4.74 Å². The number of benzene rings is 1. The Morgan fingerprint density at radius 1 is 1.23 bits per heavy atom. The van der Waals surface area contributed by atoms with Crippen molar-refractivity contribution in [1.82, 2.24) is 5.32 Å². The fourth-order valence-corrected chi connectivity index (χ4v) is 2.97. The third-order valence-corrected chi connectivity index (χ3v) is 4.76. The Bertz CT molecular complexity index is 512. The molecule has 1 aliphatic rings. The molecule has 122 valence electrons. The largest absolute Gasteiger partial charge is 0.478 e. The van der Waals surface area contributed by atoms with E-state index in [2.05, 4.69) is 19.2 Å². The Morgan fingerprint density at radius 3 is 2.50 bits per heavy atom. The molecule has 1 aromatic rings. The molecular formula is C18H26FNO2. The molecular weight excluding hydrogens is 281 g/mol. The van der Waals surface area contributed by atoms with Gasteiger partial charge in [-0.2, -0.15) is 0 Å². The Balaban J connectivity index is 1.99. The number of amides is 1. The van der Waals surface area contributed by atoms with E-state index in [1.807, 2.05) is 0 Å². The average molecular weight is 307 g/mol. The van der Waals surface area contributed by atoms with Gasteiger partial charge in [-0.1, -0.05) is 26.7 Å². The Morgan fingerprint density at radius 2 is 1.86 bits per heavy atom. The summed E-state index contributed by atoms with van der Waals surface area (Å²) in [6, 6.07) is 5.93. The monoisotopic (exact) mass is 307 g/mol. The van der Waals surface area contributed by atoms with Crippen LogP contribution in [-0.4, -0.2) is 17.6 Å². The van der Waals surface area contributed by atoms with E-state index >= 15 is 0 Å². The number of rotatable bonds is 4. The molecule has 0 aliphatic heterocycles. The zero-order chi connectivity index (χ0) is 16.3. The Labute approximate surface area is 132 Å². The zero-order valence-corrected chi connectivity index (χ0v) is 13.9. The predicted octanol–water partition coefficient (Wildman–Crippen LogP) is 3.92. The van der Waals surface area contributed by atoms with Crippen LogP contribution in [0.5, 0.6) is 5.75 Å². The van der Waals surface area contributed by atoms with E-state index < -0.39 is 5.60 Å². The summed E-state index contributed by atoms with van der Waals surface area (Å²) < 4.78 is 18.7. The second kappa shape index (κ2) is 6.67. The first kappa shape index (κ1) is 16.8. The van der Waals surface area contributed by atoms with Gasteiger partial charge in [-0.05, 0) is 56.4 Å². The number of hydrogen-bond donors (Lipinski definition) is 1. The second-order valence-corrected chi connectivity index (χ2v) is 6.91. The summed E-state index contributed by atoms with van der Waals surface area (Å²) in [6.07, 6.45) is 3.39. The molecule has 0 heterocycles. The fraction of sp³-hybridized carbons (Fsp3) is 0.611. The summed E-state index contributed by atoms with van der Waals surface area (Å²) in [5.74, 6) is 1.15. The lowest BCUT2D eigenvalue weighted by Crippen LogP contribution is -2.53. The van der Waals surface area contributed by atoms with Gasteiger partial charge in [0.15, 0.2) is 5.60 Å². The molecule has 1 amide bonds. The molecule has 1 saturated carbocycles. The van der Waals surface area contributed by atoms with Crippen molar-refractivity contribution < 1.29 is 13.9 Å². The standard InChI is InChI=1S/C18H26FNO2/c1-12-6-5-7-16(13(12)2)20-17(21)18(3,4)22-15-10-8-14(19)9-11-15/h8-13,16H,5-7H2,1-4H3,(H,20,21)/t12-,13-,16-/m1/s1. The molecule has 3 nitrogen and oxygen atoms in total. The molecule has 4 heteroatoms. The first-order chi connectivity index (χ1) is 10.3. The highest BCUT2D eigenvalue weighted by molar-refractivity contribution is 5.85. The van der Waals surface area contributed by atoms with Crippen LogP contribution in [0.3, 0.4) is 0 Å². The van der Waals surface area contributed by atoms with Gasteiger partial charge in [0.05, 0.1) is 0 Å². The fourth-order valence-electron chi connectivity index (χ4n) is 2.97. The molecule has 0 aromatic heterocycles. The predicted molar refractivity (Wildman–Crippen MR) is 85.2 cm³/mol. The van der Waals surface area contributed by atoms with Crippen LogP contribution >= 0.6 is 0 Å². The third kappa shape index (κ3) is 3.99. The highest BCUT2D eigenvalue weighted by Crippen LogP contribution is 2.30. The summed E-state index contributed by atoms with van der Waals surface area (Å²) in [6.45, 7) is 7.91. The summed E-state index contributed by atoms with van der Waals surface area (Å²) in [4.78, 5) is 12.5. The molecule has 0 spiro atoms. The smallest absolute Gasteiger partial charge is 0.263 e. The first-order valence-corrected chi connectivity index (χ1v) is 8.05. The normalized spacial score (nSPS) is 25.6. The van der Waals surface area contributed by atoms with Crippen LogP contribution in [0.1, 0.15) is 47.0 Å². The van der Waals surface area contributed by atoms with Crippen molar-refractivity contribution in [3.8, 4) is 5.75 Å². The summed E-state index contributed by atoms with van der Waals surface area (Å²) >= 11 is 0. The molecule has 1 fully saturated rings. The van der Waals surface area contributed by atoms with E-state index in [9.17, 15) is 9.18 Å². The summed E-state index contributed by atoms with van der Waals surface area (Å²) in [7, 11) is 0. The van der Waals surface area contributed by atoms with Crippen LogP contribution in [0.2, 0.25) is 0 Å². The minimum atomic E-state index is -0.988. The number of hydrogen-bond acceptors (Lipinski definition) is 2. The van der Waals surface area contributed by atoms with Gasteiger partial charge in [-0.25, -0.2) is 4.39 Å². The topological polar surface area (TPSA) is 38.3 Å². The summed E-state index contributed by atoms with van der Waals surface area (Å²) in [5, 5.41) is 3.13. The van der Waals surface area contributed by atoms with E-state index in [-0.39, 0.29) is 17.8 Å². The molecule has 22 heavy (non-hydrogen) atoms. The van der Waals surface area contributed by atoms with Gasteiger partial charge in [0.25, 0.3) is 5.91 Å². The van der Waals surface area contributed by atoms with Crippen molar-refractivity contribution in [2.75, 3.05) is 0 Å². The van der Waals surface area contributed by atoms with E-state index in [0.29, 0.717) is 17.6 Å². The van der Waals surface area contributed by atoms with Crippen molar-refractivity contribution >= 4 is 5.91 Å². The van der Waals surface area contributed by atoms with Crippen molar-refractivity contribution in [2.45, 2.75) is 58.6 Å². The number of carbonyl (C=O) groups is 1. The SMILES string of the molecule is C[C@@H]1[C@H](C)CCC[C@H]1NC(=O)C(C)(C)Oc1ccc(F)cc1.